The molecule has 36 heavy (non-hydrogen) atoms. The summed E-state index contributed by atoms with van der Waals surface area (Å²) in [5.41, 5.74) is -10.5. The SMILES string of the molecule is Nn1c(C(F)(F)F)cc(=O)n(-c2cc(Oc3cc(C(F)(F)F)cc(C(F)(F)F)n3)c(Cl)cc2F)c1=O. The minimum absolute atomic E-state index is 0.0474. The van der Waals surface area contributed by atoms with Crippen LogP contribution in [0.15, 0.2) is 39.9 Å². The Hall–Kier alpha value is -3.76. The van der Waals surface area contributed by atoms with Crippen LogP contribution in [0.25, 0.3) is 5.69 Å². The van der Waals surface area contributed by atoms with E-state index in [9.17, 15) is 53.5 Å². The second kappa shape index (κ2) is 8.72. The van der Waals surface area contributed by atoms with Gasteiger partial charge in [0, 0.05) is 18.2 Å². The number of nitrogens with two attached hydrogens (primary N) is 1. The normalized spacial score (nSPS) is 12.6. The molecular formula is C18H7ClF10N4O3. The molecule has 2 N–H and O–H groups in total. The zero-order valence-electron chi connectivity index (χ0n) is 16.7. The van der Waals surface area contributed by atoms with Crippen molar-refractivity contribution in [2.24, 2.45) is 0 Å². The van der Waals surface area contributed by atoms with Crippen LogP contribution in [-0.4, -0.2) is 14.2 Å². The molecule has 0 radical (unpaired) electrons. The van der Waals surface area contributed by atoms with Gasteiger partial charge in [-0.25, -0.2) is 23.4 Å². The van der Waals surface area contributed by atoms with Gasteiger partial charge in [0.2, 0.25) is 5.88 Å². The molecule has 3 aromatic rings. The summed E-state index contributed by atoms with van der Waals surface area (Å²) < 4.78 is 136. The molecule has 1 aromatic carbocycles. The molecule has 0 saturated carbocycles. The first-order chi connectivity index (χ1) is 16.3. The summed E-state index contributed by atoms with van der Waals surface area (Å²) in [7, 11) is 0. The zero-order chi connectivity index (χ0) is 27.4. The molecule has 2 heterocycles. The number of hydrogen-bond acceptors (Lipinski definition) is 5. The number of nitrogens with zero attached hydrogens (tertiary/aromatic N) is 3. The maximum atomic E-state index is 14.5. The van der Waals surface area contributed by atoms with Gasteiger partial charge in [0.1, 0.15) is 17.3 Å². The van der Waals surface area contributed by atoms with E-state index in [0.29, 0.717) is 12.1 Å². The minimum atomic E-state index is -5.35. The summed E-state index contributed by atoms with van der Waals surface area (Å²) in [5, 5.41) is -0.781. The molecule has 0 aliphatic heterocycles. The van der Waals surface area contributed by atoms with Crippen LogP contribution in [0.1, 0.15) is 17.0 Å². The van der Waals surface area contributed by atoms with Crippen LogP contribution in [0.5, 0.6) is 11.6 Å². The lowest BCUT2D eigenvalue weighted by Gasteiger charge is -2.16. The standard InChI is InChI=1S/C18H7ClF10N4O3/c19-7-3-8(20)9(32-14(34)5-12(18(27,28)29)33(30)15(32)35)4-10(7)36-13-2-6(16(21,22)23)1-11(31-13)17(24,25)26/h1-5H,30H2. The molecule has 0 aliphatic rings. The molecule has 194 valence electrons. The molecule has 0 fully saturated rings. The number of halogens is 11. The molecule has 0 saturated heterocycles. The van der Waals surface area contributed by atoms with Crippen molar-refractivity contribution >= 4 is 11.6 Å². The molecule has 7 nitrogen and oxygen atoms in total. The highest BCUT2D eigenvalue weighted by atomic mass is 35.5. The third-order valence-electron chi connectivity index (χ3n) is 4.30. The van der Waals surface area contributed by atoms with Crippen molar-refractivity contribution in [2.75, 3.05) is 5.84 Å². The summed E-state index contributed by atoms with van der Waals surface area (Å²) in [5.74, 6) is 1.30. The van der Waals surface area contributed by atoms with Crippen LogP contribution in [-0.2, 0) is 18.5 Å². The number of aromatic nitrogens is 3. The van der Waals surface area contributed by atoms with E-state index in [-0.39, 0.29) is 22.8 Å². The number of alkyl halides is 9. The molecule has 0 unspecified atom stereocenters. The van der Waals surface area contributed by atoms with Crippen molar-refractivity contribution < 1.29 is 48.6 Å². The number of pyridine rings is 1. The fourth-order valence-electron chi connectivity index (χ4n) is 2.74. The zero-order valence-corrected chi connectivity index (χ0v) is 17.4. The Morgan fingerprint density at radius 1 is 0.861 bits per heavy atom. The summed E-state index contributed by atoms with van der Waals surface area (Å²) in [6, 6.07) is 0.277. The Bertz CT molecular complexity index is 1430. The van der Waals surface area contributed by atoms with E-state index in [1.54, 1.807) is 0 Å². The third-order valence-corrected chi connectivity index (χ3v) is 4.60. The van der Waals surface area contributed by atoms with Crippen LogP contribution in [0.2, 0.25) is 5.02 Å². The van der Waals surface area contributed by atoms with Crippen LogP contribution < -0.4 is 21.8 Å². The van der Waals surface area contributed by atoms with Crippen LogP contribution >= 0.6 is 11.6 Å². The average Bonchev–Trinajstić information content (AvgIpc) is 2.71. The van der Waals surface area contributed by atoms with Gasteiger partial charge in [0.25, 0.3) is 5.56 Å². The third kappa shape index (κ3) is 5.24. The average molecular weight is 553 g/mol. The van der Waals surface area contributed by atoms with E-state index in [4.69, 9.17) is 22.2 Å². The maximum Gasteiger partial charge on any atom is 0.433 e. The molecule has 0 atom stereocenters. The largest absolute Gasteiger partial charge is 0.437 e. The van der Waals surface area contributed by atoms with Gasteiger partial charge in [-0.1, -0.05) is 11.6 Å². The van der Waals surface area contributed by atoms with Crippen molar-refractivity contribution in [3.05, 3.63) is 79.0 Å². The van der Waals surface area contributed by atoms with Gasteiger partial charge in [0.15, 0.2) is 5.69 Å². The Labute approximate surface area is 195 Å². The van der Waals surface area contributed by atoms with Crippen molar-refractivity contribution in [3.63, 3.8) is 0 Å². The van der Waals surface area contributed by atoms with Crippen molar-refractivity contribution in [3.8, 4) is 17.3 Å². The summed E-state index contributed by atoms with van der Waals surface area (Å²) in [4.78, 5) is 27.3. The fraction of sp³-hybridized carbons (Fsp3) is 0.167. The van der Waals surface area contributed by atoms with Crippen LogP contribution in [0.4, 0.5) is 43.9 Å². The summed E-state index contributed by atoms with van der Waals surface area (Å²) in [6.45, 7) is 0. The van der Waals surface area contributed by atoms with E-state index in [1.807, 2.05) is 0 Å². The fourth-order valence-corrected chi connectivity index (χ4v) is 2.93. The maximum absolute atomic E-state index is 14.5. The first kappa shape index (κ1) is 26.8. The molecule has 3 rings (SSSR count). The van der Waals surface area contributed by atoms with Gasteiger partial charge in [-0.2, -0.15) is 39.5 Å². The highest BCUT2D eigenvalue weighted by Gasteiger charge is 2.39. The van der Waals surface area contributed by atoms with Gasteiger partial charge in [-0.3, -0.25) is 4.79 Å². The Morgan fingerprint density at radius 2 is 1.47 bits per heavy atom. The van der Waals surface area contributed by atoms with Gasteiger partial charge in [0.05, 0.1) is 16.3 Å². The van der Waals surface area contributed by atoms with E-state index in [0.717, 1.165) is 0 Å². The van der Waals surface area contributed by atoms with Gasteiger partial charge < -0.3 is 10.6 Å². The lowest BCUT2D eigenvalue weighted by atomic mass is 10.2. The first-order valence-corrected chi connectivity index (χ1v) is 9.23. The van der Waals surface area contributed by atoms with E-state index in [2.05, 4.69) is 4.98 Å². The molecule has 18 heteroatoms. The molecule has 0 amide bonds. The second-order valence-electron chi connectivity index (χ2n) is 6.76. The number of hydrogen-bond donors (Lipinski definition) is 1. The minimum Gasteiger partial charge on any atom is -0.437 e. The highest BCUT2D eigenvalue weighted by molar-refractivity contribution is 6.32. The summed E-state index contributed by atoms with van der Waals surface area (Å²) in [6.07, 6.45) is -15.9. The van der Waals surface area contributed by atoms with Gasteiger partial charge >= 0.3 is 24.2 Å². The van der Waals surface area contributed by atoms with E-state index in [1.165, 1.54) is 0 Å². The lowest BCUT2D eigenvalue weighted by Crippen LogP contribution is -2.45. The monoisotopic (exact) mass is 552 g/mol. The Kier molecular flexibility index (Phi) is 6.50. The number of benzene rings is 1. The van der Waals surface area contributed by atoms with E-state index < -0.39 is 79.6 Å². The number of nitrogen functional groups attached to an aromatic ring is 1. The van der Waals surface area contributed by atoms with Crippen LogP contribution in [0, 0.1) is 5.82 Å². The lowest BCUT2D eigenvalue weighted by molar-refractivity contribution is -0.146. The topological polar surface area (TPSA) is 92.1 Å². The summed E-state index contributed by atoms with van der Waals surface area (Å²) >= 11 is 5.71. The molecule has 0 bridgehead atoms. The molecular weight excluding hydrogens is 546 g/mol. The van der Waals surface area contributed by atoms with Gasteiger partial charge in [-0.05, 0) is 12.1 Å². The quantitative estimate of drug-likeness (QED) is 0.374. The predicted octanol–water partition coefficient (Wildman–Crippen LogP) is 4.75. The molecule has 2 aromatic heterocycles. The molecule has 0 aliphatic carbocycles. The van der Waals surface area contributed by atoms with Crippen molar-refractivity contribution in [1.29, 1.82) is 0 Å². The first-order valence-electron chi connectivity index (χ1n) is 8.86. The number of ether oxygens (including phenoxy) is 1. The smallest absolute Gasteiger partial charge is 0.433 e. The highest BCUT2D eigenvalue weighted by Crippen LogP contribution is 2.39. The van der Waals surface area contributed by atoms with Crippen molar-refractivity contribution in [2.45, 2.75) is 18.5 Å². The van der Waals surface area contributed by atoms with Crippen molar-refractivity contribution in [1.82, 2.24) is 14.2 Å². The Balaban J connectivity index is 2.20. The van der Waals surface area contributed by atoms with Crippen LogP contribution in [0.3, 0.4) is 0 Å². The Morgan fingerprint density at radius 3 is 2.00 bits per heavy atom. The van der Waals surface area contributed by atoms with E-state index >= 15 is 0 Å². The molecule has 0 spiro atoms. The predicted molar refractivity (Wildman–Crippen MR) is 101 cm³/mol. The van der Waals surface area contributed by atoms with Gasteiger partial charge in [-0.15, -0.1) is 0 Å². The second-order valence-corrected chi connectivity index (χ2v) is 7.17. The number of rotatable bonds is 3.